The van der Waals surface area contributed by atoms with Gasteiger partial charge in [0.05, 0.1) is 14.2 Å². The summed E-state index contributed by atoms with van der Waals surface area (Å²) in [6, 6.07) is 18.7. The van der Waals surface area contributed by atoms with Crippen LogP contribution in [0.3, 0.4) is 0 Å². The van der Waals surface area contributed by atoms with E-state index in [1.54, 1.807) is 0 Å². The lowest BCUT2D eigenvalue weighted by Crippen LogP contribution is -2.63. The standard InChI is InChI=1S/C21H23NO5S/c1-26-19(24)21(20(25)27-2,15-28-17-11-7-4-8-12-17)22-18(23)14-13-16-9-5-3-6-10-16/h3-12H,13-15H2,1-2H3,(H,22,23). The molecular formula is C21H23NO5S. The lowest BCUT2D eigenvalue weighted by molar-refractivity contribution is -0.163. The second kappa shape index (κ2) is 10.5. The molecule has 0 atom stereocenters. The third kappa shape index (κ3) is 5.60. The fraction of sp³-hybridized carbons (Fsp3) is 0.286. The number of amides is 1. The maximum absolute atomic E-state index is 12.5. The number of carbonyl (C=O) groups excluding carboxylic acids is 3. The summed E-state index contributed by atoms with van der Waals surface area (Å²) in [6.07, 6.45) is 0.604. The predicted octanol–water partition coefficient (Wildman–Crippen LogP) is 2.61. The van der Waals surface area contributed by atoms with Crippen LogP contribution in [0.5, 0.6) is 0 Å². The van der Waals surface area contributed by atoms with Gasteiger partial charge in [0.15, 0.2) is 0 Å². The smallest absolute Gasteiger partial charge is 0.344 e. The van der Waals surface area contributed by atoms with Crippen LogP contribution in [-0.2, 0) is 30.3 Å². The third-order valence-electron chi connectivity index (χ3n) is 4.10. The second-order valence-corrected chi connectivity index (χ2v) is 7.07. The predicted molar refractivity (Wildman–Crippen MR) is 107 cm³/mol. The summed E-state index contributed by atoms with van der Waals surface area (Å²) >= 11 is 1.25. The Morgan fingerprint density at radius 1 is 0.893 bits per heavy atom. The minimum absolute atomic E-state index is 0.0482. The normalized spacial score (nSPS) is 10.8. The Morgan fingerprint density at radius 2 is 1.43 bits per heavy atom. The number of aryl methyl sites for hydroxylation is 1. The van der Waals surface area contributed by atoms with Crippen LogP contribution in [0.2, 0.25) is 0 Å². The van der Waals surface area contributed by atoms with Gasteiger partial charge in [-0.05, 0) is 24.1 Å². The fourth-order valence-electron chi connectivity index (χ4n) is 2.60. The second-order valence-electron chi connectivity index (χ2n) is 6.02. The number of nitrogens with one attached hydrogen (secondary N) is 1. The Bertz CT molecular complexity index is 779. The molecule has 2 rings (SSSR count). The quantitative estimate of drug-likeness (QED) is 0.395. The number of esters is 2. The van der Waals surface area contributed by atoms with Gasteiger partial charge >= 0.3 is 11.9 Å². The van der Waals surface area contributed by atoms with Crippen molar-refractivity contribution in [3.8, 4) is 0 Å². The molecule has 0 aromatic heterocycles. The highest BCUT2D eigenvalue weighted by molar-refractivity contribution is 7.99. The number of rotatable bonds is 9. The zero-order valence-corrected chi connectivity index (χ0v) is 16.7. The lowest BCUT2D eigenvalue weighted by atomic mass is 10.0. The molecule has 6 nitrogen and oxygen atoms in total. The number of methoxy groups -OCH3 is 2. The average Bonchev–Trinajstić information content (AvgIpc) is 2.75. The van der Waals surface area contributed by atoms with Crippen molar-refractivity contribution < 1.29 is 23.9 Å². The molecule has 0 saturated carbocycles. The first-order chi connectivity index (χ1) is 13.5. The number of hydrogen-bond donors (Lipinski definition) is 1. The molecule has 0 heterocycles. The molecule has 1 amide bonds. The van der Waals surface area contributed by atoms with E-state index >= 15 is 0 Å². The lowest BCUT2D eigenvalue weighted by Gasteiger charge is -2.29. The first-order valence-corrected chi connectivity index (χ1v) is 9.70. The van der Waals surface area contributed by atoms with Gasteiger partial charge < -0.3 is 14.8 Å². The van der Waals surface area contributed by atoms with Crippen molar-refractivity contribution in [3.05, 3.63) is 66.2 Å². The van der Waals surface area contributed by atoms with Crippen LogP contribution in [0.4, 0.5) is 0 Å². The summed E-state index contributed by atoms with van der Waals surface area (Å²) in [4.78, 5) is 38.4. The first kappa shape index (κ1) is 21.5. The van der Waals surface area contributed by atoms with E-state index < -0.39 is 23.4 Å². The molecular weight excluding hydrogens is 378 g/mol. The molecule has 0 aliphatic rings. The molecule has 2 aromatic carbocycles. The molecule has 148 valence electrons. The Labute approximate surface area is 168 Å². The Kier molecular flexibility index (Phi) is 8.07. The zero-order chi connectivity index (χ0) is 20.4. The highest BCUT2D eigenvalue weighted by atomic mass is 32.2. The fourth-order valence-corrected chi connectivity index (χ4v) is 3.64. The van der Waals surface area contributed by atoms with Crippen LogP contribution in [0.25, 0.3) is 0 Å². The van der Waals surface area contributed by atoms with E-state index in [2.05, 4.69) is 5.32 Å². The topological polar surface area (TPSA) is 81.7 Å². The largest absolute Gasteiger partial charge is 0.467 e. The SMILES string of the molecule is COC(=O)C(CSc1ccccc1)(NC(=O)CCc1ccccc1)C(=O)OC. The number of benzene rings is 2. The Morgan fingerprint density at radius 3 is 1.96 bits per heavy atom. The maximum atomic E-state index is 12.5. The van der Waals surface area contributed by atoms with Crippen LogP contribution in [0.1, 0.15) is 12.0 Å². The summed E-state index contributed by atoms with van der Waals surface area (Å²) in [6.45, 7) is 0. The molecule has 0 aliphatic carbocycles. The number of carbonyl (C=O) groups is 3. The molecule has 1 N–H and O–H groups in total. The maximum Gasteiger partial charge on any atom is 0.344 e. The van der Waals surface area contributed by atoms with Crippen LogP contribution in [0.15, 0.2) is 65.6 Å². The van der Waals surface area contributed by atoms with E-state index in [1.165, 1.54) is 26.0 Å². The van der Waals surface area contributed by atoms with E-state index in [-0.39, 0.29) is 12.2 Å². The monoisotopic (exact) mass is 401 g/mol. The van der Waals surface area contributed by atoms with Gasteiger partial charge in [0.25, 0.3) is 0 Å². The summed E-state index contributed by atoms with van der Waals surface area (Å²) < 4.78 is 9.65. The summed E-state index contributed by atoms with van der Waals surface area (Å²) in [5, 5.41) is 2.56. The summed E-state index contributed by atoms with van der Waals surface area (Å²) in [5.41, 5.74) is -0.935. The summed E-state index contributed by atoms with van der Waals surface area (Å²) in [5.74, 6) is -2.21. The van der Waals surface area contributed by atoms with Crippen molar-refractivity contribution in [1.29, 1.82) is 0 Å². The molecule has 0 saturated heterocycles. The van der Waals surface area contributed by atoms with Crippen LogP contribution >= 0.6 is 11.8 Å². The van der Waals surface area contributed by atoms with Crippen molar-refractivity contribution in [2.45, 2.75) is 23.3 Å². The molecule has 0 radical (unpaired) electrons. The number of thioether (sulfide) groups is 1. The van der Waals surface area contributed by atoms with Crippen molar-refractivity contribution >= 4 is 29.6 Å². The molecule has 2 aromatic rings. The number of ether oxygens (including phenoxy) is 2. The number of hydrogen-bond acceptors (Lipinski definition) is 6. The van der Waals surface area contributed by atoms with Gasteiger partial charge in [-0.2, -0.15) is 0 Å². The van der Waals surface area contributed by atoms with Crippen molar-refractivity contribution in [1.82, 2.24) is 5.32 Å². The van der Waals surface area contributed by atoms with Gasteiger partial charge in [0.1, 0.15) is 0 Å². The van der Waals surface area contributed by atoms with Gasteiger partial charge in [-0.3, -0.25) is 4.79 Å². The van der Waals surface area contributed by atoms with E-state index in [0.29, 0.717) is 6.42 Å². The van der Waals surface area contributed by atoms with E-state index in [1.807, 2.05) is 60.7 Å². The van der Waals surface area contributed by atoms with Crippen molar-refractivity contribution in [2.24, 2.45) is 0 Å². The highest BCUT2D eigenvalue weighted by Crippen LogP contribution is 2.25. The van der Waals surface area contributed by atoms with Gasteiger partial charge in [-0.15, -0.1) is 11.8 Å². The molecule has 0 fully saturated rings. The van der Waals surface area contributed by atoms with Crippen LogP contribution < -0.4 is 5.32 Å². The van der Waals surface area contributed by atoms with Gasteiger partial charge in [0.2, 0.25) is 11.4 Å². The van der Waals surface area contributed by atoms with E-state index in [9.17, 15) is 14.4 Å². The molecule has 0 bridgehead atoms. The highest BCUT2D eigenvalue weighted by Gasteiger charge is 2.50. The van der Waals surface area contributed by atoms with Crippen LogP contribution in [0, 0.1) is 0 Å². The molecule has 0 unspecified atom stereocenters. The van der Waals surface area contributed by atoms with Crippen molar-refractivity contribution in [3.63, 3.8) is 0 Å². The molecule has 28 heavy (non-hydrogen) atoms. The summed E-state index contributed by atoms with van der Waals surface area (Å²) in [7, 11) is 2.34. The molecule has 0 spiro atoms. The van der Waals surface area contributed by atoms with E-state index in [4.69, 9.17) is 9.47 Å². The molecule has 0 aliphatic heterocycles. The van der Waals surface area contributed by atoms with Gasteiger partial charge in [-0.25, -0.2) is 9.59 Å². The van der Waals surface area contributed by atoms with Gasteiger partial charge in [-0.1, -0.05) is 48.5 Å². The van der Waals surface area contributed by atoms with Crippen LogP contribution in [-0.4, -0.2) is 43.4 Å². The first-order valence-electron chi connectivity index (χ1n) is 8.71. The Balaban J connectivity index is 2.16. The Hall–Kier alpha value is -2.80. The van der Waals surface area contributed by atoms with Gasteiger partial charge in [0, 0.05) is 17.1 Å². The third-order valence-corrected chi connectivity index (χ3v) is 5.29. The average molecular weight is 401 g/mol. The molecule has 7 heteroatoms. The van der Waals surface area contributed by atoms with Crippen molar-refractivity contribution in [2.75, 3.05) is 20.0 Å². The zero-order valence-electron chi connectivity index (χ0n) is 15.8. The minimum Gasteiger partial charge on any atom is -0.467 e. The minimum atomic E-state index is -1.92. The van der Waals surface area contributed by atoms with E-state index in [0.717, 1.165) is 10.5 Å².